The lowest BCUT2D eigenvalue weighted by atomic mass is 10.1. The van der Waals surface area contributed by atoms with Gasteiger partial charge in [0.05, 0.1) is 12.2 Å². The number of nitrogens with zero attached hydrogens (tertiary/aromatic N) is 3. The Labute approximate surface area is 145 Å². The van der Waals surface area contributed by atoms with Gasteiger partial charge in [-0.05, 0) is 43.3 Å². The minimum atomic E-state index is -0.0594. The van der Waals surface area contributed by atoms with Crippen LogP contribution in [0.25, 0.3) is 11.5 Å². The molecule has 4 rings (SSSR count). The van der Waals surface area contributed by atoms with Crippen molar-refractivity contribution in [2.75, 3.05) is 11.4 Å². The van der Waals surface area contributed by atoms with E-state index in [1.54, 1.807) is 24.0 Å². The molecular weight excluding hydrogens is 318 g/mol. The Hall–Kier alpha value is -3.15. The van der Waals surface area contributed by atoms with Gasteiger partial charge >= 0.3 is 0 Å². The molecule has 0 N–H and O–H groups in total. The number of aromatic nitrogens is 2. The highest BCUT2D eigenvalue weighted by molar-refractivity contribution is 6.07. The monoisotopic (exact) mass is 335 g/mol. The molecule has 0 radical (unpaired) electrons. The normalized spacial score (nSPS) is 16.2. The first-order chi connectivity index (χ1) is 12.1. The molecule has 1 aromatic heterocycles. The Morgan fingerprint density at radius 2 is 1.88 bits per heavy atom. The highest BCUT2D eigenvalue weighted by Crippen LogP contribution is 2.34. The number of hydrogen-bond donors (Lipinski definition) is 0. The van der Waals surface area contributed by atoms with Crippen LogP contribution in [-0.4, -0.2) is 28.8 Å². The maximum atomic E-state index is 13.0. The van der Waals surface area contributed by atoms with Crippen LogP contribution in [0.5, 0.6) is 5.75 Å². The van der Waals surface area contributed by atoms with E-state index in [-0.39, 0.29) is 12.0 Å². The fourth-order valence-electron chi connectivity index (χ4n) is 2.91. The number of hydrogen-bond acceptors (Lipinski definition) is 5. The van der Waals surface area contributed by atoms with E-state index in [9.17, 15) is 4.79 Å². The van der Waals surface area contributed by atoms with Crippen molar-refractivity contribution in [1.82, 2.24) is 10.2 Å². The second-order valence-electron chi connectivity index (χ2n) is 6.02. The van der Waals surface area contributed by atoms with Crippen LogP contribution in [0.15, 0.2) is 52.9 Å². The van der Waals surface area contributed by atoms with Gasteiger partial charge < -0.3 is 14.1 Å². The number of benzene rings is 2. The third-order valence-electron chi connectivity index (χ3n) is 4.07. The highest BCUT2D eigenvalue weighted by atomic mass is 16.5. The van der Waals surface area contributed by atoms with Crippen molar-refractivity contribution in [3.05, 3.63) is 60.0 Å². The van der Waals surface area contributed by atoms with E-state index in [1.165, 1.54) is 0 Å². The van der Waals surface area contributed by atoms with Crippen molar-refractivity contribution in [2.45, 2.75) is 20.0 Å². The molecule has 0 bridgehead atoms. The summed E-state index contributed by atoms with van der Waals surface area (Å²) in [4.78, 5) is 14.7. The maximum absolute atomic E-state index is 13.0. The lowest BCUT2D eigenvalue weighted by Gasteiger charge is -2.33. The summed E-state index contributed by atoms with van der Waals surface area (Å²) in [5.41, 5.74) is 2.18. The van der Waals surface area contributed by atoms with Crippen LogP contribution >= 0.6 is 0 Å². The predicted molar refractivity (Wildman–Crippen MR) is 92.7 cm³/mol. The van der Waals surface area contributed by atoms with Gasteiger partial charge in [-0.15, -0.1) is 10.2 Å². The minimum Gasteiger partial charge on any atom is -0.487 e. The molecule has 25 heavy (non-hydrogen) atoms. The van der Waals surface area contributed by atoms with Gasteiger partial charge in [-0.3, -0.25) is 4.79 Å². The molecule has 6 nitrogen and oxygen atoms in total. The number of fused-ring (bicyclic) bond motifs is 1. The first kappa shape index (κ1) is 15.4. The van der Waals surface area contributed by atoms with Crippen LogP contribution in [0.1, 0.15) is 23.2 Å². The van der Waals surface area contributed by atoms with Crippen LogP contribution < -0.4 is 9.64 Å². The van der Waals surface area contributed by atoms with Crippen molar-refractivity contribution < 1.29 is 13.9 Å². The average molecular weight is 335 g/mol. The number of ether oxygens (including phenoxy) is 1. The minimum absolute atomic E-state index is 0.0560. The Morgan fingerprint density at radius 1 is 1.12 bits per heavy atom. The van der Waals surface area contributed by atoms with Gasteiger partial charge in [-0.2, -0.15) is 0 Å². The van der Waals surface area contributed by atoms with E-state index >= 15 is 0 Å². The van der Waals surface area contributed by atoms with Crippen molar-refractivity contribution in [3.8, 4) is 17.2 Å². The molecule has 0 unspecified atom stereocenters. The fraction of sp³-hybridized carbons (Fsp3) is 0.211. The molecule has 2 aromatic carbocycles. The van der Waals surface area contributed by atoms with E-state index in [0.29, 0.717) is 23.9 Å². The number of carbonyl (C=O) groups is 1. The quantitative estimate of drug-likeness (QED) is 0.717. The molecular formula is C19H17N3O3. The molecule has 0 fully saturated rings. The van der Waals surface area contributed by atoms with E-state index in [2.05, 4.69) is 10.2 Å². The van der Waals surface area contributed by atoms with Crippen LogP contribution in [0.4, 0.5) is 5.69 Å². The molecule has 3 aromatic rings. The van der Waals surface area contributed by atoms with Crippen molar-refractivity contribution in [1.29, 1.82) is 0 Å². The maximum Gasteiger partial charge on any atom is 0.258 e. The number of anilines is 1. The summed E-state index contributed by atoms with van der Waals surface area (Å²) in [6.07, 6.45) is -0.0560. The molecule has 1 aliphatic rings. The zero-order valence-electron chi connectivity index (χ0n) is 14.0. The molecule has 2 heterocycles. The zero-order valence-corrected chi connectivity index (χ0v) is 14.0. The zero-order chi connectivity index (χ0) is 17.4. The summed E-state index contributed by atoms with van der Waals surface area (Å²) in [6, 6.07) is 14.8. The molecule has 1 amide bonds. The van der Waals surface area contributed by atoms with Gasteiger partial charge in [0, 0.05) is 18.1 Å². The standard InChI is InChI=1S/C19H17N3O3/c1-12-11-22(16-5-3-4-6-17(16)24-12)19(23)15-9-7-14(8-10-15)18-21-20-13(2)25-18/h3-10,12H,11H2,1-2H3/t12-/m0/s1. The van der Waals surface area contributed by atoms with Crippen LogP contribution in [0, 0.1) is 6.92 Å². The van der Waals surface area contributed by atoms with Gasteiger partial charge in [-0.1, -0.05) is 12.1 Å². The number of rotatable bonds is 2. The topological polar surface area (TPSA) is 68.5 Å². The Morgan fingerprint density at radius 3 is 2.60 bits per heavy atom. The molecule has 1 atom stereocenters. The number of para-hydroxylation sites is 2. The SMILES string of the molecule is Cc1nnc(-c2ccc(C(=O)N3C[C@H](C)Oc4ccccc43)cc2)o1. The summed E-state index contributed by atoms with van der Waals surface area (Å²) in [7, 11) is 0. The van der Waals surface area contributed by atoms with E-state index < -0.39 is 0 Å². The van der Waals surface area contributed by atoms with Crippen LogP contribution in [-0.2, 0) is 0 Å². The summed E-state index contributed by atoms with van der Waals surface area (Å²) in [5.74, 6) is 1.62. The van der Waals surface area contributed by atoms with Gasteiger partial charge in [0.2, 0.25) is 11.8 Å². The third kappa shape index (κ3) is 2.87. The van der Waals surface area contributed by atoms with Crippen LogP contribution in [0.2, 0.25) is 0 Å². The van der Waals surface area contributed by atoms with E-state index in [0.717, 1.165) is 17.0 Å². The van der Waals surface area contributed by atoms with E-state index in [4.69, 9.17) is 9.15 Å². The molecule has 1 aliphatic heterocycles. The van der Waals surface area contributed by atoms with Crippen LogP contribution in [0.3, 0.4) is 0 Å². The molecule has 0 aliphatic carbocycles. The summed E-state index contributed by atoms with van der Waals surface area (Å²) in [6.45, 7) is 4.21. The predicted octanol–water partition coefficient (Wildman–Crippen LogP) is 3.47. The van der Waals surface area contributed by atoms with Gasteiger partial charge in [0.15, 0.2) is 0 Å². The fourth-order valence-corrected chi connectivity index (χ4v) is 2.91. The smallest absolute Gasteiger partial charge is 0.258 e. The number of aryl methyl sites for hydroxylation is 1. The van der Waals surface area contributed by atoms with Crippen molar-refractivity contribution in [2.24, 2.45) is 0 Å². The number of carbonyl (C=O) groups excluding carboxylic acids is 1. The van der Waals surface area contributed by atoms with Crippen molar-refractivity contribution >= 4 is 11.6 Å². The highest BCUT2D eigenvalue weighted by Gasteiger charge is 2.28. The average Bonchev–Trinajstić information content (AvgIpc) is 3.07. The first-order valence-corrected chi connectivity index (χ1v) is 8.10. The molecule has 0 saturated heterocycles. The Bertz CT molecular complexity index is 918. The summed E-state index contributed by atoms with van der Waals surface area (Å²) < 4.78 is 11.2. The number of amides is 1. The largest absolute Gasteiger partial charge is 0.487 e. The lowest BCUT2D eigenvalue weighted by Crippen LogP contribution is -2.42. The second kappa shape index (κ2) is 6.05. The molecule has 126 valence electrons. The Balaban J connectivity index is 1.63. The lowest BCUT2D eigenvalue weighted by molar-refractivity contribution is 0.0961. The Kier molecular flexibility index (Phi) is 3.72. The van der Waals surface area contributed by atoms with E-state index in [1.807, 2.05) is 43.3 Å². The molecule has 6 heteroatoms. The first-order valence-electron chi connectivity index (χ1n) is 8.10. The molecule has 0 spiro atoms. The summed E-state index contributed by atoms with van der Waals surface area (Å²) in [5, 5.41) is 7.81. The summed E-state index contributed by atoms with van der Waals surface area (Å²) >= 11 is 0. The third-order valence-corrected chi connectivity index (χ3v) is 4.07. The van der Waals surface area contributed by atoms with Gasteiger partial charge in [0.1, 0.15) is 11.9 Å². The van der Waals surface area contributed by atoms with Gasteiger partial charge in [0.25, 0.3) is 5.91 Å². The van der Waals surface area contributed by atoms with Gasteiger partial charge in [-0.25, -0.2) is 0 Å². The van der Waals surface area contributed by atoms with Crippen molar-refractivity contribution in [3.63, 3.8) is 0 Å². The second-order valence-corrected chi connectivity index (χ2v) is 6.02. The molecule has 0 saturated carbocycles.